The molecule has 0 bridgehead atoms. The molecule has 2 aromatic carbocycles. The molecule has 0 unspecified atom stereocenters. The first-order valence-corrected chi connectivity index (χ1v) is 12.1. The molecular formula is C27H35N5O2. The SMILES string of the molecule is COc1ccc(CCC(=O)NCC2CCC(Nc3nc(N(C)C)c4ccccc4n3)CC2)cc1. The fraction of sp³-hybridized carbons (Fsp3) is 0.444. The van der Waals surface area contributed by atoms with E-state index in [1.807, 2.05) is 61.5 Å². The van der Waals surface area contributed by atoms with E-state index in [0.29, 0.717) is 24.3 Å². The molecule has 0 radical (unpaired) electrons. The maximum Gasteiger partial charge on any atom is 0.225 e. The van der Waals surface area contributed by atoms with Crippen LogP contribution in [0.4, 0.5) is 11.8 Å². The molecule has 7 heteroatoms. The van der Waals surface area contributed by atoms with Gasteiger partial charge < -0.3 is 20.3 Å². The average molecular weight is 462 g/mol. The zero-order chi connectivity index (χ0) is 23.9. The first-order chi connectivity index (χ1) is 16.5. The number of methoxy groups -OCH3 is 1. The molecule has 1 saturated carbocycles. The summed E-state index contributed by atoms with van der Waals surface area (Å²) < 4.78 is 5.18. The maximum atomic E-state index is 12.3. The first kappa shape index (κ1) is 23.8. The molecule has 180 valence electrons. The number of para-hydroxylation sites is 1. The van der Waals surface area contributed by atoms with Crippen molar-refractivity contribution in [2.24, 2.45) is 5.92 Å². The van der Waals surface area contributed by atoms with Gasteiger partial charge in [-0.05, 0) is 67.9 Å². The number of rotatable bonds is 9. The van der Waals surface area contributed by atoms with Crippen molar-refractivity contribution in [3.63, 3.8) is 0 Å². The molecule has 2 N–H and O–H groups in total. The number of benzene rings is 2. The molecule has 7 nitrogen and oxygen atoms in total. The van der Waals surface area contributed by atoms with Crippen LogP contribution >= 0.6 is 0 Å². The lowest BCUT2D eigenvalue weighted by Crippen LogP contribution is -2.34. The standard InChI is InChI=1S/C27H35N5O2/c1-32(2)26-23-6-4-5-7-24(23)30-27(31-26)29-21-13-8-20(9-14-21)18-28-25(33)17-12-19-10-15-22(34-3)16-11-19/h4-7,10-11,15-16,20-21H,8-9,12-14,17-18H2,1-3H3,(H,28,33)(H,29,30,31). The Bertz CT molecular complexity index is 1090. The summed E-state index contributed by atoms with van der Waals surface area (Å²) in [6, 6.07) is 16.4. The molecule has 0 atom stereocenters. The van der Waals surface area contributed by atoms with Crippen molar-refractivity contribution in [2.75, 3.05) is 38.0 Å². The Balaban J connectivity index is 1.22. The minimum atomic E-state index is 0.122. The van der Waals surface area contributed by atoms with Crippen LogP contribution in [0.3, 0.4) is 0 Å². The molecule has 0 spiro atoms. The van der Waals surface area contributed by atoms with Gasteiger partial charge in [0.15, 0.2) is 0 Å². The van der Waals surface area contributed by atoms with Gasteiger partial charge in [0, 0.05) is 38.5 Å². The van der Waals surface area contributed by atoms with Crippen LogP contribution < -0.4 is 20.3 Å². The number of carbonyl (C=O) groups excluding carboxylic acids is 1. The number of fused-ring (bicyclic) bond motifs is 1. The summed E-state index contributed by atoms with van der Waals surface area (Å²) in [5.41, 5.74) is 2.10. The van der Waals surface area contributed by atoms with E-state index >= 15 is 0 Å². The number of nitrogens with one attached hydrogen (secondary N) is 2. The van der Waals surface area contributed by atoms with E-state index in [1.54, 1.807) is 7.11 Å². The third-order valence-corrected chi connectivity index (χ3v) is 6.57. The van der Waals surface area contributed by atoms with Gasteiger partial charge >= 0.3 is 0 Å². The molecule has 4 rings (SSSR count). The minimum Gasteiger partial charge on any atom is -0.497 e. The normalized spacial score (nSPS) is 17.9. The second-order valence-electron chi connectivity index (χ2n) is 9.30. The molecule has 1 aromatic heterocycles. The van der Waals surface area contributed by atoms with Crippen LogP contribution in [0.15, 0.2) is 48.5 Å². The van der Waals surface area contributed by atoms with Crippen LogP contribution in [0.2, 0.25) is 0 Å². The van der Waals surface area contributed by atoms with E-state index < -0.39 is 0 Å². The van der Waals surface area contributed by atoms with E-state index in [1.165, 1.54) is 0 Å². The topological polar surface area (TPSA) is 79.4 Å². The number of anilines is 2. The van der Waals surface area contributed by atoms with Crippen molar-refractivity contribution in [3.05, 3.63) is 54.1 Å². The van der Waals surface area contributed by atoms with Gasteiger partial charge in [0.1, 0.15) is 11.6 Å². The summed E-state index contributed by atoms with van der Waals surface area (Å²) in [5, 5.41) is 7.75. The molecule has 1 aliphatic rings. The Hall–Kier alpha value is -3.35. The van der Waals surface area contributed by atoms with E-state index in [2.05, 4.69) is 16.7 Å². The van der Waals surface area contributed by atoms with Gasteiger partial charge in [-0.3, -0.25) is 4.79 Å². The highest BCUT2D eigenvalue weighted by molar-refractivity contribution is 5.90. The minimum absolute atomic E-state index is 0.122. The van der Waals surface area contributed by atoms with Crippen LogP contribution in [0, 0.1) is 5.92 Å². The van der Waals surface area contributed by atoms with E-state index in [9.17, 15) is 4.79 Å². The monoisotopic (exact) mass is 461 g/mol. The Morgan fingerprint density at radius 1 is 1.03 bits per heavy atom. The lowest BCUT2D eigenvalue weighted by molar-refractivity contribution is -0.121. The second-order valence-corrected chi connectivity index (χ2v) is 9.30. The number of nitrogens with zero attached hydrogens (tertiary/aromatic N) is 3. The predicted octanol–water partition coefficient (Wildman–Crippen LogP) is 4.42. The van der Waals surface area contributed by atoms with Gasteiger partial charge in [-0.25, -0.2) is 4.98 Å². The van der Waals surface area contributed by atoms with Gasteiger partial charge in [-0.2, -0.15) is 4.98 Å². The summed E-state index contributed by atoms with van der Waals surface area (Å²) >= 11 is 0. The molecule has 1 amide bonds. The Morgan fingerprint density at radius 3 is 2.47 bits per heavy atom. The van der Waals surface area contributed by atoms with Crippen molar-refractivity contribution in [2.45, 2.75) is 44.6 Å². The zero-order valence-corrected chi connectivity index (χ0v) is 20.4. The van der Waals surface area contributed by atoms with Gasteiger partial charge in [-0.1, -0.05) is 24.3 Å². The van der Waals surface area contributed by atoms with E-state index in [4.69, 9.17) is 14.7 Å². The molecule has 0 aliphatic heterocycles. The highest BCUT2D eigenvalue weighted by atomic mass is 16.5. The summed E-state index contributed by atoms with van der Waals surface area (Å²) in [6.07, 6.45) is 5.54. The smallest absolute Gasteiger partial charge is 0.225 e. The van der Waals surface area contributed by atoms with Crippen LogP contribution in [-0.2, 0) is 11.2 Å². The average Bonchev–Trinajstić information content (AvgIpc) is 2.86. The van der Waals surface area contributed by atoms with Crippen LogP contribution in [0.1, 0.15) is 37.7 Å². The van der Waals surface area contributed by atoms with Gasteiger partial charge in [0.05, 0.1) is 12.6 Å². The van der Waals surface area contributed by atoms with Crippen molar-refractivity contribution in [1.82, 2.24) is 15.3 Å². The number of hydrogen-bond acceptors (Lipinski definition) is 6. The van der Waals surface area contributed by atoms with Crippen molar-refractivity contribution in [1.29, 1.82) is 0 Å². The summed E-state index contributed by atoms with van der Waals surface area (Å²) in [7, 11) is 5.67. The van der Waals surface area contributed by atoms with Gasteiger partial charge in [0.25, 0.3) is 0 Å². The fourth-order valence-corrected chi connectivity index (χ4v) is 4.56. The number of ether oxygens (including phenoxy) is 1. The molecular weight excluding hydrogens is 426 g/mol. The quantitative estimate of drug-likeness (QED) is 0.491. The zero-order valence-electron chi connectivity index (χ0n) is 20.4. The van der Waals surface area contributed by atoms with Crippen molar-refractivity contribution >= 4 is 28.6 Å². The Morgan fingerprint density at radius 2 is 1.76 bits per heavy atom. The highest BCUT2D eigenvalue weighted by Gasteiger charge is 2.22. The number of aryl methyl sites for hydroxylation is 1. The van der Waals surface area contributed by atoms with E-state index in [-0.39, 0.29) is 5.91 Å². The predicted molar refractivity (Wildman–Crippen MR) is 138 cm³/mol. The van der Waals surface area contributed by atoms with Crippen LogP contribution in [0.25, 0.3) is 10.9 Å². The summed E-state index contributed by atoms with van der Waals surface area (Å²) in [6.45, 7) is 0.755. The molecule has 1 aliphatic carbocycles. The molecule has 3 aromatic rings. The molecule has 1 heterocycles. The third kappa shape index (κ3) is 6.16. The third-order valence-electron chi connectivity index (χ3n) is 6.57. The fourth-order valence-electron chi connectivity index (χ4n) is 4.56. The highest BCUT2D eigenvalue weighted by Crippen LogP contribution is 2.28. The molecule has 0 saturated heterocycles. The molecule has 34 heavy (non-hydrogen) atoms. The summed E-state index contributed by atoms with van der Waals surface area (Å²) in [5.74, 6) is 3.11. The Kier molecular flexibility index (Phi) is 7.83. The summed E-state index contributed by atoms with van der Waals surface area (Å²) in [4.78, 5) is 23.8. The Labute approximate surface area is 201 Å². The van der Waals surface area contributed by atoms with Gasteiger partial charge in [-0.15, -0.1) is 0 Å². The molecule has 1 fully saturated rings. The largest absolute Gasteiger partial charge is 0.497 e. The van der Waals surface area contributed by atoms with Crippen LogP contribution in [-0.4, -0.2) is 49.7 Å². The number of carbonyl (C=O) groups is 1. The number of amides is 1. The lowest BCUT2D eigenvalue weighted by atomic mass is 9.86. The number of hydrogen-bond donors (Lipinski definition) is 2. The van der Waals surface area contributed by atoms with Crippen molar-refractivity contribution < 1.29 is 9.53 Å². The lowest BCUT2D eigenvalue weighted by Gasteiger charge is -2.29. The maximum absolute atomic E-state index is 12.3. The van der Waals surface area contributed by atoms with E-state index in [0.717, 1.165) is 66.7 Å². The van der Waals surface area contributed by atoms with Crippen molar-refractivity contribution in [3.8, 4) is 5.75 Å². The second kappa shape index (κ2) is 11.2. The van der Waals surface area contributed by atoms with Crippen LogP contribution in [0.5, 0.6) is 5.75 Å². The number of aromatic nitrogens is 2. The van der Waals surface area contributed by atoms with Gasteiger partial charge in [0.2, 0.25) is 11.9 Å². The first-order valence-electron chi connectivity index (χ1n) is 12.1.